The second-order valence-corrected chi connectivity index (χ2v) is 4.69. The van der Waals surface area contributed by atoms with Gasteiger partial charge in [0.1, 0.15) is 6.67 Å². The van der Waals surface area contributed by atoms with E-state index in [4.69, 9.17) is 0 Å². The first-order chi connectivity index (χ1) is 9.90. The highest BCUT2D eigenvalue weighted by atomic mass is 35.5. The number of halogens is 6. The molecule has 1 aromatic rings. The van der Waals surface area contributed by atoms with E-state index in [9.17, 15) is 22.0 Å². The number of nitrogens with zero attached hydrogens (tertiary/aromatic N) is 1. The summed E-state index contributed by atoms with van der Waals surface area (Å²) in [5.41, 5.74) is 0.298. The highest BCUT2D eigenvalue weighted by Crippen LogP contribution is 2.29. The van der Waals surface area contributed by atoms with Crippen LogP contribution < -0.4 is 10.1 Å². The van der Waals surface area contributed by atoms with Crippen molar-refractivity contribution in [2.75, 3.05) is 32.9 Å². The van der Waals surface area contributed by atoms with Crippen molar-refractivity contribution in [3.63, 3.8) is 0 Å². The molecule has 3 nitrogen and oxygen atoms in total. The van der Waals surface area contributed by atoms with Crippen LogP contribution >= 0.6 is 12.4 Å². The summed E-state index contributed by atoms with van der Waals surface area (Å²) in [4.78, 5) is 1.83. The Morgan fingerprint density at radius 1 is 1.23 bits per heavy atom. The van der Waals surface area contributed by atoms with Crippen molar-refractivity contribution in [1.82, 2.24) is 10.2 Å². The molecule has 1 aromatic carbocycles. The minimum atomic E-state index is -4.96. The maximum Gasteiger partial charge on any atom is 0.573 e. The zero-order valence-electron chi connectivity index (χ0n) is 11.5. The van der Waals surface area contributed by atoms with Crippen LogP contribution in [-0.2, 0) is 0 Å². The highest BCUT2D eigenvalue weighted by Gasteiger charge is 2.32. The van der Waals surface area contributed by atoms with Gasteiger partial charge in [-0.2, -0.15) is 0 Å². The summed E-state index contributed by atoms with van der Waals surface area (Å²) >= 11 is 0. The zero-order valence-corrected chi connectivity index (χ0v) is 12.3. The van der Waals surface area contributed by atoms with Crippen LogP contribution in [0.2, 0.25) is 0 Å². The standard InChI is InChI=1S/C13H15F5N2O.ClH/c14-8-11(20-5-3-19-4-6-20)9-1-2-12(10(15)7-9)21-13(16,17)18;/h1-2,7,11,19H,3-6,8H2;1H/t11-;/m0./s1. The van der Waals surface area contributed by atoms with Gasteiger partial charge in [-0.05, 0) is 17.7 Å². The van der Waals surface area contributed by atoms with Crippen LogP contribution in [0.5, 0.6) is 5.75 Å². The highest BCUT2D eigenvalue weighted by molar-refractivity contribution is 5.85. The predicted molar refractivity (Wildman–Crippen MR) is 73.5 cm³/mol. The molecule has 22 heavy (non-hydrogen) atoms. The van der Waals surface area contributed by atoms with Gasteiger partial charge in [0.05, 0.1) is 6.04 Å². The Morgan fingerprint density at radius 2 is 1.86 bits per heavy atom. The average Bonchev–Trinajstić information content (AvgIpc) is 2.42. The van der Waals surface area contributed by atoms with E-state index >= 15 is 0 Å². The maximum absolute atomic E-state index is 13.7. The molecule has 1 saturated heterocycles. The van der Waals surface area contributed by atoms with Gasteiger partial charge in [0.25, 0.3) is 0 Å². The fourth-order valence-corrected chi connectivity index (χ4v) is 2.32. The Bertz CT molecular complexity index is 480. The summed E-state index contributed by atoms with van der Waals surface area (Å²) in [5.74, 6) is -2.07. The van der Waals surface area contributed by atoms with Gasteiger partial charge in [0.15, 0.2) is 11.6 Å². The lowest BCUT2D eigenvalue weighted by Crippen LogP contribution is -2.45. The molecule has 0 aliphatic carbocycles. The third kappa shape index (κ3) is 4.96. The van der Waals surface area contributed by atoms with Crippen molar-refractivity contribution in [2.45, 2.75) is 12.4 Å². The van der Waals surface area contributed by atoms with Crippen molar-refractivity contribution in [2.24, 2.45) is 0 Å². The number of nitrogens with one attached hydrogen (secondary N) is 1. The van der Waals surface area contributed by atoms with E-state index in [-0.39, 0.29) is 12.4 Å². The van der Waals surface area contributed by atoms with Crippen LogP contribution in [0.4, 0.5) is 22.0 Å². The fraction of sp³-hybridized carbons (Fsp3) is 0.538. The molecule has 0 saturated carbocycles. The van der Waals surface area contributed by atoms with Crippen LogP contribution in [0.25, 0.3) is 0 Å². The summed E-state index contributed by atoms with van der Waals surface area (Å²) in [5, 5.41) is 3.11. The largest absolute Gasteiger partial charge is 0.573 e. The zero-order chi connectivity index (χ0) is 15.5. The molecular formula is C13H16ClF5N2O. The molecule has 1 aliphatic heterocycles. The van der Waals surface area contributed by atoms with Crippen LogP contribution in [-0.4, -0.2) is 44.1 Å². The van der Waals surface area contributed by atoms with E-state index in [0.717, 1.165) is 12.1 Å². The summed E-state index contributed by atoms with van der Waals surface area (Å²) in [6.07, 6.45) is -4.96. The second kappa shape index (κ2) is 7.94. The molecule has 0 aromatic heterocycles. The van der Waals surface area contributed by atoms with Gasteiger partial charge in [-0.15, -0.1) is 25.6 Å². The van der Waals surface area contributed by atoms with Gasteiger partial charge in [-0.25, -0.2) is 8.78 Å². The number of piperazine rings is 1. The van der Waals surface area contributed by atoms with E-state index in [1.165, 1.54) is 6.07 Å². The third-order valence-electron chi connectivity index (χ3n) is 3.30. The number of alkyl halides is 4. The van der Waals surface area contributed by atoms with Gasteiger partial charge in [-0.1, -0.05) is 6.07 Å². The monoisotopic (exact) mass is 346 g/mol. The molecular weight excluding hydrogens is 331 g/mol. The molecule has 0 bridgehead atoms. The second-order valence-electron chi connectivity index (χ2n) is 4.69. The number of ether oxygens (including phenoxy) is 1. The molecule has 2 rings (SSSR count). The summed E-state index contributed by atoms with van der Waals surface area (Å²) in [7, 11) is 0. The normalized spacial score (nSPS) is 17.7. The lowest BCUT2D eigenvalue weighted by atomic mass is 10.1. The van der Waals surface area contributed by atoms with Gasteiger partial charge < -0.3 is 10.1 Å². The smallest absolute Gasteiger partial charge is 0.403 e. The van der Waals surface area contributed by atoms with Crippen LogP contribution in [0.1, 0.15) is 11.6 Å². The SMILES string of the molecule is Cl.FC[C@@H](c1ccc(OC(F)(F)F)c(F)c1)N1CCNCC1. The van der Waals surface area contributed by atoms with E-state index in [0.29, 0.717) is 31.7 Å². The van der Waals surface area contributed by atoms with E-state index < -0.39 is 30.6 Å². The quantitative estimate of drug-likeness (QED) is 0.848. The molecule has 1 N–H and O–H groups in total. The molecule has 9 heteroatoms. The van der Waals surface area contributed by atoms with Gasteiger partial charge in [-0.3, -0.25) is 4.90 Å². The maximum atomic E-state index is 13.7. The molecule has 1 atom stereocenters. The molecule has 1 heterocycles. The lowest BCUT2D eigenvalue weighted by Gasteiger charge is -2.33. The topological polar surface area (TPSA) is 24.5 Å². The number of hydrogen-bond donors (Lipinski definition) is 1. The van der Waals surface area contributed by atoms with Crippen LogP contribution in [0, 0.1) is 5.82 Å². The number of hydrogen-bond acceptors (Lipinski definition) is 3. The van der Waals surface area contributed by atoms with E-state index in [1.807, 2.05) is 4.90 Å². The van der Waals surface area contributed by atoms with Crippen molar-refractivity contribution in [3.05, 3.63) is 29.6 Å². The first kappa shape index (κ1) is 18.9. The summed E-state index contributed by atoms with van der Waals surface area (Å²) in [6.45, 7) is 1.83. The van der Waals surface area contributed by atoms with Crippen molar-refractivity contribution < 1.29 is 26.7 Å². The Hall–Kier alpha value is -1.12. The summed E-state index contributed by atoms with van der Waals surface area (Å²) in [6, 6.07) is 2.37. The molecule has 0 radical (unpaired) electrons. The number of rotatable bonds is 4. The molecule has 0 amide bonds. The minimum Gasteiger partial charge on any atom is -0.403 e. The minimum absolute atomic E-state index is 0. The number of benzene rings is 1. The van der Waals surface area contributed by atoms with Crippen LogP contribution in [0.3, 0.4) is 0 Å². The Balaban J connectivity index is 0.00000242. The molecule has 0 unspecified atom stereocenters. The van der Waals surface area contributed by atoms with Crippen molar-refractivity contribution >= 4 is 12.4 Å². The first-order valence-electron chi connectivity index (χ1n) is 6.46. The first-order valence-corrected chi connectivity index (χ1v) is 6.46. The van der Waals surface area contributed by atoms with Gasteiger partial charge in [0.2, 0.25) is 0 Å². The van der Waals surface area contributed by atoms with Gasteiger partial charge >= 0.3 is 6.36 Å². The van der Waals surface area contributed by atoms with Crippen molar-refractivity contribution in [1.29, 1.82) is 0 Å². The fourth-order valence-electron chi connectivity index (χ4n) is 2.32. The van der Waals surface area contributed by atoms with Crippen molar-refractivity contribution in [3.8, 4) is 5.75 Å². The van der Waals surface area contributed by atoms with Crippen LogP contribution in [0.15, 0.2) is 18.2 Å². The molecule has 1 fully saturated rings. The lowest BCUT2D eigenvalue weighted by molar-refractivity contribution is -0.275. The Kier molecular flexibility index (Phi) is 6.83. The van der Waals surface area contributed by atoms with E-state index in [2.05, 4.69) is 10.1 Å². The van der Waals surface area contributed by atoms with Gasteiger partial charge in [0, 0.05) is 26.2 Å². The average molecular weight is 347 g/mol. The summed E-state index contributed by atoms with van der Waals surface area (Å²) < 4.78 is 66.7. The third-order valence-corrected chi connectivity index (χ3v) is 3.30. The Morgan fingerprint density at radius 3 is 2.36 bits per heavy atom. The molecule has 1 aliphatic rings. The Labute approximate surface area is 130 Å². The molecule has 0 spiro atoms. The van der Waals surface area contributed by atoms with E-state index in [1.54, 1.807) is 0 Å². The predicted octanol–water partition coefficient (Wildman–Crippen LogP) is 3.06. The molecule has 126 valence electrons.